The van der Waals surface area contributed by atoms with Crippen molar-refractivity contribution < 1.29 is 9.53 Å². The first kappa shape index (κ1) is 14.8. The van der Waals surface area contributed by atoms with Crippen LogP contribution in [0.4, 0.5) is 0 Å². The summed E-state index contributed by atoms with van der Waals surface area (Å²) >= 11 is 0. The summed E-state index contributed by atoms with van der Waals surface area (Å²) in [4.78, 5) is 11.9. The first-order valence-corrected chi connectivity index (χ1v) is 6.72. The number of carbonyl (C=O) groups is 1. The highest BCUT2D eigenvalue weighted by molar-refractivity contribution is 5.92. The van der Waals surface area contributed by atoms with E-state index in [9.17, 15) is 4.79 Å². The molecule has 2 rings (SSSR count). The molecule has 0 saturated carbocycles. The molecule has 21 heavy (non-hydrogen) atoms. The lowest BCUT2D eigenvalue weighted by Gasteiger charge is -2.10. The van der Waals surface area contributed by atoms with Crippen LogP contribution in [0.15, 0.2) is 36.7 Å². The van der Waals surface area contributed by atoms with E-state index in [-0.39, 0.29) is 11.9 Å². The smallest absolute Gasteiger partial charge is 0.244 e. The van der Waals surface area contributed by atoms with Crippen molar-refractivity contribution in [1.82, 2.24) is 15.5 Å². The SMILES string of the molecule is COc1ccc(C)cc1/C=C/C(=O)NC(C)c1cn[nH]c1. The molecule has 1 unspecified atom stereocenters. The average Bonchev–Trinajstić information content (AvgIpc) is 2.99. The minimum Gasteiger partial charge on any atom is -0.496 e. The summed E-state index contributed by atoms with van der Waals surface area (Å²) in [5.74, 6) is 0.583. The molecule has 0 aliphatic carbocycles. The molecule has 1 aromatic carbocycles. The number of hydrogen-bond donors (Lipinski definition) is 2. The zero-order chi connectivity index (χ0) is 15.2. The second kappa shape index (κ2) is 6.74. The predicted molar refractivity (Wildman–Crippen MR) is 81.9 cm³/mol. The summed E-state index contributed by atoms with van der Waals surface area (Å²) < 4.78 is 5.28. The summed E-state index contributed by atoms with van der Waals surface area (Å²) in [5, 5.41) is 9.47. The number of rotatable bonds is 5. The number of nitrogens with one attached hydrogen (secondary N) is 2. The number of ether oxygens (including phenoxy) is 1. The van der Waals surface area contributed by atoms with Crippen molar-refractivity contribution in [1.29, 1.82) is 0 Å². The lowest BCUT2D eigenvalue weighted by atomic mass is 10.1. The highest BCUT2D eigenvalue weighted by atomic mass is 16.5. The van der Waals surface area contributed by atoms with Crippen LogP contribution in [0.3, 0.4) is 0 Å². The van der Waals surface area contributed by atoms with Gasteiger partial charge < -0.3 is 10.1 Å². The second-order valence-corrected chi connectivity index (χ2v) is 4.84. The number of nitrogens with zero attached hydrogens (tertiary/aromatic N) is 1. The number of benzene rings is 1. The topological polar surface area (TPSA) is 67.0 Å². The van der Waals surface area contributed by atoms with Crippen molar-refractivity contribution in [3.05, 3.63) is 53.4 Å². The van der Waals surface area contributed by atoms with Gasteiger partial charge in [0.05, 0.1) is 19.3 Å². The first-order valence-electron chi connectivity index (χ1n) is 6.72. The quantitative estimate of drug-likeness (QED) is 0.830. The molecule has 1 aromatic heterocycles. The molecule has 1 amide bonds. The van der Waals surface area contributed by atoms with Crippen LogP contribution in [0.2, 0.25) is 0 Å². The van der Waals surface area contributed by atoms with Crippen molar-refractivity contribution >= 4 is 12.0 Å². The predicted octanol–water partition coefficient (Wildman–Crippen LogP) is 2.62. The molecule has 0 fully saturated rings. The van der Waals surface area contributed by atoms with Gasteiger partial charge in [-0.25, -0.2) is 0 Å². The number of amides is 1. The number of methoxy groups -OCH3 is 1. The highest BCUT2D eigenvalue weighted by Gasteiger charge is 2.08. The molecule has 2 aromatic rings. The Morgan fingerprint density at radius 2 is 2.29 bits per heavy atom. The average molecular weight is 285 g/mol. The van der Waals surface area contributed by atoms with Crippen molar-refractivity contribution in [2.45, 2.75) is 19.9 Å². The maximum atomic E-state index is 11.9. The van der Waals surface area contributed by atoms with E-state index < -0.39 is 0 Å². The van der Waals surface area contributed by atoms with E-state index >= 15 is 0 Å². The normalized spacial score (nSPS) is 12.3. The Morgan fingerprint density at radius 1 is 1.48 bits per heavy atom. The second-order valence-electron chi connectivity index (χ2n) is 4.84. The molecular formula is C16H19N3O2. The Labute approximate surface area is 124 Å². The van der Waals surface area contributed by atoms with Gasteiger partial charge in [0.2, 0.25) is 5.91 Å². The van der Waals surface area contributed by atoms with Crippen LogP contribution in [0.5, 0.6) is 5.75 Å². The van der Waals surface area contributed by atoms with E-state index in [1.165, 1.54) is 6.08 Å². The van der Waals surface area contributed by atoms with Crippen molar-refractivity contribution in [2.24, 2.45) is 0 Å². The molecule has 2 N–H and O–H groups in total. The standard InChI is InChI=1S/C16H19N3O2/c1-11-4-6-15(21-3)13(8-11)5-7-16(20)19-12(2)14-9-17-18-10-14/h4-10,12H,1-3H3,(H,17,18)(H,19,20)/b7-5+. The van der Waals surface area contributed by atoms with E-state index in [0.717, 1.165) is 22.4 Å². The molecule has 0 bridgehead atoms. The minimum atomic E-state index is -0.160. The van der Waals surface area contributed by atoms with Gasteiger partial charge in [0.1, 0.15) is 5.75 Å². The van der Waals surface area contributed by atoms with E-state index in [4.69, 9.17) is 4.74 Å². The fourth-order valence-electron chi connectivity index (χ4n) is 1.99. The Balaban J connectivity index is 2.04. The third-order valence-corrected chi connectivity index (χ3v) is 3.18. The van der Waals surface area contributed by atoms with Gasteiger partial charge in [0, 0.05) is 23.4 Å². The first-order chi connectivity index (χ1) is 10.1. The Kier molecular flexibility index (Phi) is 4.77. The van der Waals surface area contributed by atoms with E-state index in [2.05, 4.69) is 15.5 Å². The van der Waals surface area contributed by atoms with Crippen LogP contribution in [0.25, 0.3) is 6.08 Å². The number of aryl methyl sites for hydroxylation is 1. The maximum absolute atomic E-state index is 11.9. The summed E-state index contributed by atoms with van der Waals surface area (Å²) in [7, 11) is 1.61. The maximum Gasteiger partial charge on any atom is 0.244 e. The van der Waals surface area contributed by atoms with Gasteiger partial charge in [-0.3, -0.25) is 9.89 Å². The fourth-order valence-corrected chi connectivity index (χ4v) is 1.99. The third-order valence-electron chi connectivity index (χ3n) is 3.18. The number of aromatic nitrogens is 2. The van der Waals surface area contributed by atoms with Crippen molar-refractivity contribution in [3.63, 3.8) is 0 Å². The van der Waals surface area contributed by atoms with E-state index in [1.54, 1.807) is 25.6 Å². The number of hydrogen-bond acceptors (Lipinski definition) is 3. The zero-order valence-corrected chi connectivity index (χ0v) is 12.4. The van der Waals surface area contributed by atoms with Gasteiger partial charge in [0.15, 0.2) is 0 Å². The molecule has 5 nitrogen and oxygen atoms in total. The van der Waals surface area contributed by atoms with Gasteiger partial charge in [-0.2, -0.15) is 5.10 Å². The van der Waals surface area contributed by atoms with E-state index in [1.807, 2.05) is 32.0 Å². The largest absolute Gasteiger partial charge is 0.496 e. The van der Waals surface area contributed by atoms with E-state index in [0.29, 0.717) is 0 Å². The summed E-state index contributed by atoms with van der Waals surface area (Å²) in [6.07, 6.45) is 6.72. The third kappa shape index (κ3) is 3.95. The van der Waals surface area contributed by atoms with Crippen LogP contribution >= 0.6 is 0 Å². The van der Waals surface area contributed by atoms with Gasteiger partial charge in [0.25, 0.3) is 0 Å². The molecule has 5 heteroatoms. The van der Waals surface area contributed by atoms with Crippen LogP contribution in [-0.2, 0) is 4.79 Å². The minimum absolute atomic E-state index is 0.0969. The molecule has 0 spiro atoms. The molecule has 1 heterocycles. The van der Waals surface area contributed by atoms with Crippen molar-refractivity contribution in [2.75, 3.05) is 7.11 Å². The van der Waals surface area contributed by atoms with Crippen LogP contribution in [0.1, 0.15) is 29.7 Å². The summed E-state index contributed by atoms with van der Waals surface area (Å²) in [6, 6.07) is 5.74. The Hall–Kier alpha value is -2.56. The highest BCUT2D eigenvalue weighted by Crippen LogP contribution is 2.21. The lowest BCUT2D eigenvalue weighted by Crippen LogP contribution is -2.24. The Bertz CT molecular complexity index is 633. The van der Waals surface area contributed by atoms with Crippen LogP contribution in [0, 0.1) is 6.92 Å². The lowest BCUT2D eigenvalue weighted by molar-refractivity contribution is -0.117. The monoisotopic (exact) mass is 285 g/mol. The van der Waals surface area contributed by atoms with Crippen LogP contribution < -0.4 is 10.1 Å². The number of H-pyrrole nitrogens is 1. The van der Waals surface area contributed by atoms with Crippen molar-refractivity contribution in [3.8, 4) is 5.75 Å². The van der Waals surface area contributed by atoms with Gasteiger partial charge >= 0.3 is 0 Å². The van der Waals surface area contributed by atoms with Gasteiger partial charge in [-0.1, -0.05) is 11.6 Å². The van der Waals surface area contributed by atoms with Gasteiger partial charge in [-0.05, 0) is 32.1 Å². The van der Waals surface area contributed by atoms with Crippen LogP contribution in [-0.4, -0.2) is 23.2 Å². The molecule has 0 saturated heterocycles. The number of carbonyl (C=O) groups excluding carboxylic acids is 1. The molecule has 0 radical (unpaired) electrons. The molecular weight excluding hydrogens is 266 g/mol. The zero-order valence-electron chi connectivity index (χ0n) is 12.4. The molecule has 110 valence electrons. The molecule has 0 aliphatic heterocycles. The molecule has 0 aliphatic rings. The summed E-state index contributed by atoms with van der Waals surface area (Å²) in [5.41, 5.74) is 2.93. The summed E-state index contributed by atoms with van der Waals surface area (Å²) in [6.45, 7) is 3.90. The Morgan fingerprint density at radius 3 is 2.95 bits per heavy atom. The number of aromatic amines is 1. The fraction of sp³-hybridized carbons (Fsp3) is 0.250. The van der Waals surface area contributed by atoms with Gasteiger partial charge in [-0.15, -0.1) is 0 Å². The molecule has 1 atom stereocenters.